The van der Waals surface area contributed by atoms with Gasteiger partial charge in [0.1, 0.15) is 0 Å². The van der Waals surface area contributed by atoms with Gasteiger partial charge in [0.25, 0.3) is 0 Å². The van der Waals surface area contributed by atoms with Gasteiger partial charge >= 0.3 is 5.97 Å². The first-order valence-electron chi connectivity index (χ1n) is 7.31. The lowest BCUT2D eigenvalue weighted by molar-refractivity contribution is -0.148. The molecule has 0 aromatic rings. The van der Waals surface area contributed by atoms with E-state index in [9.17, 15) is 9.59 Å². The van der Waals surface area contributed by atoms with E-state index in [1.807, 2.05) is 0 Å². The van der Waals surface area contributed by atoms with Gasteiger partial charge in [0.15, 0.2) is 0 Å². The van der Waals surface area contributed by atoms with Crippen molar-refractivity contribution in [3.05, 3.63) is 0 Å². The van der Waals surface area contributed by atoms with E-state index in [4.69, 9.17) is 15.2 Å². The first-order chi connectivity index (χ1) is 9.57. The number of esters is 1. The topological polar surface area (TPSA) is 81.9 Å². The summed E-state index contributed by atoms with van der Waals surface area (Å²) < 4.78 is 10.0. The van der Waals surface area contributed by atoms with Crippen molar-refractivity contribution in [2.24, 2.45) is 5.73 Å². The van der Waals surface area contributed by atoms with Gasteiger partial charge in [-0.2, -0.15) is 0 Å². The van der Waals surface area contributed by atoms with Crippen LogP contribution in [0, 0.1) is 0 Å². The van der Waals surface area contributed by atoms with E-state index in [0.717, 1.165) is 19.3 Å². The Hall–Kier alpha value is -1.14. The molecule has 2 N–H and O–H groups in total. The van der Waals surface area contributed by atoms with Crippen molar-refractivity contribution in [1.29, 1.82) is 0 Å². The quantitative estimate of drug-likeness (QED) is 0.760. The van der Waals surface area contributed by atoms with E-state index in [-0.39, 0.29) is 24.3 Å². The van der Waals surface area contributed by atoms with Gasteiger partial charge in [-0.15, -0.1) is 0 Å². The molecule has 1 unspecified atom stereocenters. The third kappa shape index (κ3) is 3.30. The number of nitrogens with two attached hydrogens (primary N) is 1. The van der Waals surface area contributed by atoms with Gasteiger partial charge in [-0.25, -0.2) is 0 Å². The predicted octanol–water partition coefficient (Wildman–Crippen LogP) is 0.439. The highest BCUT2D eigenvalue weighted by Gasteiger charge is 2.42. The normalized spacial score (nSPS) is 26.1. The van der Waals surface area contributed by atoms with Gasteiger partial charge in [-0.05, 0) is 32.1 Å². The van der Waals surface area contributed by atoms with E-state index < -0.39 is 5.54 Å². The molecule has 1 atom stereocenters. The molecule has 1 amide bonds. The first kappa shape index (κ1) is 15.3. The Morgan fingerprint density at radius 3 is 2.70 bits per heavy atom. The summed E-state index contributed by atoms with van der Waals surface area (Å²) in [5, 5.41) is 0. The molecule has 0 saturated carbocycles. The van der Waals surface area contributed by atoms with Gasteiger partial charge in [-0.3, -0.25) is 9.59 Å². The van der Waals surface area contributed by atoms with Crippen molar-refractivity contribution in [3.8, 4) is 0 Å². The summed E-state index contributed by atoms with van der Waals surface area (Å²) >= 11 is 0. The fourth-order valence-electron chi connectivity index (χ4n) is 2.99. The third-order valence-corrected chi connectivity index (χ3v) is 4.33. The Balaban J connectivity index is 2.06. The lowest BCUT2D eigenvalue weighted by Gasteiger charge is -2.42. The van der Waals surface area contributed by atoms with E-state index in [0.29, 0.717) is 32.6 Å². The molecule has 2 aliphatic rings. The van der Waals surface area contributed by atoms with Crippen LogP contribution in [-0.2, 0) is 19.1 Å². The Kier molecular flexibility index (Phi) is 4.99. The molecule has 2 saturated heterocycles. The Morgan fingerprint density at radius 1 is 1.35 bits per heavy atom. The number of carbonyl (C=O) groups excluding carboxylic acids is 2. The number of rotatable bonds is 3. The molecule has 0 aromatic carbocycles. The van der Waals surface area contributed by atoms with Crippen LogP contribution < -0.4 is 5.73 Å². The number of ether oxygens (including phenoxy) is 2. The van der Waals surface area contributed by atoms with Gasteiger partial charge in [-0.1, -0.05) is 0 Å². The average Bonchev–Trinajstić information content (AvgIpc) is 2.47. The summed E-state index contributed by atoms with van der Waals surface area (Å²) in [7, 11) is 1.38. The smallest absolute Gasteiger partial charge is 0.307 e. The number of amides is 1. The van der Waals surface area contributed by atoms with Gasteiger partial charge in [0.05, 0.1) is 19.1 Å². The lowest BCUT2D eigenvalue weighted by atomic mass is 9.87. The molecule has 0 spiro atoms. The summed E-state index contributed by atoms with van der Waals surface area (Å²) in [6, 6.07) is -0.0769. The Morgan fingerprint density at radius 2 is 2.05 bits per heavy atom. The van der Waals surface area contributed by atoms with Crippen LogP contribution in [0.5, 0.6) is 0 Å². The molecule has 2 rings (SSSR count). The van der Waals surface area contributed by atoms with Crippen LogP contribution >= 0.6 is 0 Å². The largest absolute Gasteiger partial charge is 0.469 e. The minimum Gasteiger partial charge on any atom is -0.469 e. The van der Waals surface area contributed by atoms with Crippen molar-refractivity contribution in [3.63, 3.8) is 0 Å². The summed E-state index contributed by atoms with van der Waals surface area (Å²) in [6.45, 7) is 1.73. The number of methoxy groups -OCH3 is 1. The summed E-state index contributed by atoms with van der Waals surface area (Å²) in [6.07, 6.45) is 4.20. The molecule has 2 heterocycles. The molecule has 2 fully saturated rings. The van der Waals surface area contributed by atoms with Crippen LogP contribution in [0.25, 0.3) is 0 Å². The number of hydrogen-bond acceptors (Lipinski definition) is 5. The lowest BCUT2D eigenvalue weighted by Crippen LogP contribution is -2.61. The van der Waals surface area contributed by atoms with Gasteiger partial charge < -0.3 is 20.1 Å². The zero-order chi connectivity index (χ0) is 14.6. The van der Waals surface area contributed by atoms with Crippen molar-refractivity contribution < 1.29 is 19.1 Å². The van der Waals surface area contributed by atoms with Crippen LogP contribution in [0.3, 0.4) is 0 Å². The minimum atomic E-state index is -0.829. The third-order valence-electron chi connectivity index (χ3n) is 4.33. The van der Waals surface area contributed by atoms with Crippen LogP contribution in [-0.4, -0.2) is 55.2 Å². The van der Waals surface area contributed by atoms with Crippen molar-refractivity contribution in [2.45, 2.75) is 50.1 Å². The molecule has 0 aliphatic carbocycles. The maximum atomic E-state index is 12.7. The molecule has 20 heavy (non-hydrogen) atoms. The predicted molar refractivity (Wildman–Crippen MR) is 73.0 cm³/mol. The van der Waals surface area contributed by atoms with Crippen LogP contribution in [0.2, 0.25) is 0 Å². The number of piperidine rings is 1. The minimum absolute atomic E-state index is 0.0330. The summed E-state index contributed by atoms with van der Waals surface area (Å²) in [4.78, 5) is 26.0. The van der Waals surface area contributed by atoms with Crippen LogP contribution in [0.1, 0.15) is 38.5 Å². The van der Waals surface area contributed by atoms with E-state index in [1.165, 1.54) is 7.11 Å². The molecule has 6 nitrogen and oxygen atoms in total. The molecular weight excluding hydrogens is 260 g/mol. The highest BCUT2D eigenvalue weighted by molar-refractivity contribution is 5.87. The van der Waals surface area contributed by atoms with Crippen LogP contribution in [0.4, 0.5) is 0 Å². The van der Waals surface area contributed by atoms with Gasteiger partial charge in [0, 0.05) is 25.8 Å². The maximum absolute atomic E-state index is 12.7. The van der Waals surface area contributed by atoms with Crippen molar-refractivity contribution in [1.82, 2.24) is 4.90 Å². The number of hydrogen-bond donors (Lipinski definition) is 1. The first-order valence-corrected chi connectivity index (χ1v) is 7.31. The second kappa shape index (κ2) is 6.54. The Bertz CT molecular complexity index is 366. The fourth-order valence-corrected chi connectivity index (χ4v) is 2.99. The summed E-state index contributed by atoms with van der Waals surface area (Å²) in [5.74, 6) is -0.304. The summed E-state index contributed by atoms with van der Waals surface area (Å²) in [5.41, 5.74) is 5.44. The molecule has 0 aromatic heterocycles. The van der Waals surface area contributed by atoms with E-state index >= 15 is 0 Å². The Labute approximate surface area is 119 Å². The average molecular weight is 284 g/mol. The number of likely N-dealkylation sites (tertiary alicyclic amines) is 1. The number of carbonyl (C=O) groups is 2. The van der Waals surface area contributed by atoms with Crippen molar-refractivity contribution >= 4 is 11.9 Å². The monoisotopic (exact) mass is 284 g/mol. The van der Waals surface area contributed by atoms with E-state index in [2.05, 4.69) is 0 Å². The molecule has 0 radical (unpaired) electrons. The highest BCUT2D eigenvalue weighted by Crippen LogP contribution is 2.27. The van der Waals surface area contributed by atoms with Crippen molar-refractivity contribution in [2.75, 3.05) is 26.9 Å². The molecule has 2 aliphatic heterocycles. The standard InChI is InChI=1S/C14H24N2O4/c1-19-12(17)10-11-4-2-3-7-16(11)13(18)14(15)5-8-20-9-6-14/h11H,2-10,15H2,1H3. The highest BCUT2D eigenvalue weighted by atomic mass is 16.5. The van der Waals surface area contributed by atoms with Crippen LogP contribution in [0.15, 0.2) is 0 Å². The molecule has 0 bridgehead atoms. The number of nitrogens with zero attached hydrogens (tertiary/aromatic N) is 1. The molecular formula is C14H24N2O4. The second-order valence-corrected chi connectivity index (χ2v) is 5.70. The SMILES string of the molecule is COC(=O)CC1CCCCN1C(=O)C1(N)CCOCC1. The fraction of sp³-hybridized carbons (Fsp3) is 0.857. The zero-order valence-electron chi connectivity index (χ0n) is 12.1. The second-order valence-electron chi connectivity index (χ2n) is 5.70. The van der Waals surface area contributed by atoms with E-state index in [1.54, 1.807) is 4.90 Å². The molecule has 114 valence electrons. The maximum Gasteiger partial charge on any atom is 0.307 e. The van der Waals surface area contributed by atoms with Gasteiger partial charge in [0.2, 0.25) is 5.91 Å². The zero-order valence-corrected chi connectivity index (χ0v) is 12.1. The molecule has 6 heteroatoms.